The first-order valence-electron chi connectivity index (χ1n) is 11.4. The largest absolute Gasteiger partial charge is 0.376 e. The van der Waals surface area contributed by atoms with E-state index in [1.807, 2.05) is 18.2 Å². The van der Waals surface area contributed by atoms with Gasteiger partial charge in [0.25, 0.3) is 0 Å². The van der Waals surface area contributed by atoms with E-state index >= 15 is 0 Å². The van der Waals surface area contributed by atoms with E-state index in [4.69, 9.17) is 14.7 Å². The molecule has 2 aliphatic heterocycles. The van der Waals surface area contributed by atoms with Crippen molar-refractivity contribution in [3.05, 3.63) is 41.6 Å². The zero-order chi connectivity index (χ0) is 20.3. The Balaban J connectivity index is 1.26. The molecule has 0 spiro atoms. The lowest BCUT2D eigenvalue weighted by molar-refractivity contribution is -0.126. The van der Waals surface area contributed by atoms with E-state index in [9.17, 15) is 4.79 Å². The molecule has 2 aromatic rings. The Hall–Kier alpha value is -2.47. The summed E-state index contributed by atoms with van der Waals surface area (Å²) >= 11 is 0. The van der Waals surface area contributed by atoms with Gasteiger partial charge in [0, 0.05) is 49.0 Å². The number of anilines is 1. The van der Waals surface area contributed by atoms with E-state index in [1.165, 1.54) is 11.3 Å². The zero-order valence-corrected chi connectivity index (χ0v) is 17.5. The van der Waals surface area contributed by atoms with Crippen molar-refractivity contribution in [3.8, 4) is 11.4 Å². The summed E-state index contributed by atoms with van der Waals surface area (Å²) in [4.78, 5) is 24.9. The quantitative estimate of drug-likeness (QED) is 0.826. The molecule has 1 aromatic carbocycles. The van der Waals surface area contributed by atoms with Crippen LogP contribution in [0.4, 0.5) is 5.82 Å². The molecule has 30 heavy (non-hydrogen) atoms. The van der Waals surface area contributed by atoms with E-state index in [-0.39, 0.29) is 17.9 Å². The van der Waals surface area contributed by atoms with Crippen molar-refractivity contribution >= 4 is 11.7 Å². The van der Waals surface area contributed by atoms with Gasteiger partial charge < -0.3 is 15.0 Å². The van der Waals surface area contributed by atoms with Gasteiger partial charge in [0.05, 0.1) is 6.10 Å². The maximum atomic E-state index is 12.6. The van der Waals surface area contributed by atoms with Gasteiger partial charge in [-0.15, -0.1) is 0 Å². The van der Waals surface area contributed by atoms with E-state index in [2.05, 4.69) is 22.3 Å². The minimum atomic E-state index is 0.0890. The van der Waals surface area contributed by atoms with Crippen molar-refractivity contribution in [2.75, 3.05) is 31.1 Å². The number of piperidine rings is 1. The fourth-order valence-corrected chi connectivity index (χ4v) is 4.91. The van der Waals surface area contributed by atoms with Crippen LogP contribution in [-0.4, -0.2) is 48.2 Å². The van der Waals surface area contributed by atoms with Gasteiger partial charge >= 0.3 is 0 Å². The second-order valence-corrected chi connectivity index (χ2v) is 8.66. The molecule has 2 saturated heterocycles. The number of nitrogens with zero attached hydrogens (tertiary/aromatic N) is 3. The monoisotopic (exact) mass is 406 g/mol. The van der Waals surface area contributed by atoms with Gasteiger partial charge in [0.1, 0.15) is 5.82 Å². The Bertz CT molecular complexity index is 888. The highest BCUT2D eigenvalue weighted by Gasteiger charge is 2.29. The van der Waals surface area contributed by atoms with Crippen molar-refractivity contribution in [2.45, 2.75) is 51.0 Å². The molecule has 2 fully saturated rings. The number of hydrogen-bond acceptors (Lipinski definition) is 5. The number of carbonyl (C=O) groups is 1. The SMILES string of the molecule is O=C(NC[C@@H]1CCCO1)C1CCN(c2nc(-c3ccccc3)nc3c2CCC3)CC1. The molecule has 1 N–H and O–H groups in total. The van der Waals surface area contributed by atoms with Crippen molar-refractivity contribution in [1.29, 1.82) is 0 Å². The third-order valence-electron chi connectivity index (χ3n) is 6.64. The van der Waals surface area contributed by atoms with Crippen LogP contribution in [0.1, 0.15) is 43.4 Å². The van der Waals surface area contributed by atoms with Gasteiger partial charge in [-0.2, -0.15) is 0 Å². The summed E-state index contributed by atoms with van der Waals surface area (Å²) in [5, 5.41) is 3.11. The molecule has 158 valence electrons. The molecular formula is C24H30N4O2. The molecule has 1 atom stereocenters. The van der Waals surface area contributed by atoms with Crippen molar-refractivity contribution in [1.82, 2.24) is 15.3 Å². The maximum absolute atomic E-state index is 12.6. The summed E-state index contributed by atoms with van der Waals surface area (Å²) in [6.07, 6.45) is 7.35. The molecule has 0 unspecified atom stereocenters. The Kier molecular flexibility index (Phi) is 5.67. The molecule has 0 radical (unpaired) electrons. The molecule has 1 aliphatic carbocycles. The minimum absolute atomic E-state index is 0.0890. The number of aryl methyl sites for hydroxylation is 1. The molecular weight excluding hydrogens is 376 g/mol. The van der Waals surface area contributed by atoms with Gasteiger partial charge in [-0.3, -0.25) is 4.79 Å². The van der Waals surface area contributed by atoms with Crippen molar-refractivity contribution < 1.29 is 9.53 Å². The van der Waals surface area contributed by atoms with E-state index in [1.54, 1.807) is 0 Å². The highest BCUT2D eigenvalue weighted by Crippen LogP contribution is 2.33. The first-order chi connectivity index (χ1) is 14.8. The average Bonchev–Trinajstić information content (AvgIpc) is 3.49. The van der Waals surface area contributed by atoms with E-state index in [0.717, 1.165) is 81.8 Å². The van der Waals surface area contributed by atoms with E-state index in [0.29, 0.717) is 6.54 Å². The summed E-state index contributed by atoms with van der Waals surface area (Å²) < 4.78 is 5.62. The molecule has 1 amide bonds. The first kappa shape index (κ1) is 19.5. The summed E-state index contributed by atoms with van der Waals surface area (Å²) in [5.74, 6) is 2.19. The Morgan fingerprint density at radius 3 is 2.67 bits per heavy atom. The molecule has 3 aliphatic rings. The molecule has 5 rings (SSSR count). The van der Waals surface area contributed by atoms with Gasteiger partial charge in [-0.25, -0.2) is 9.97 Å². The summed E-state index contributed by atoms with van der Waals surface area (Å²) in [6, 6.07) is 10.2. The number of amides is 1. The van der Waals surface area contributed by atoms with Crippen LogP contribution in [0, 0.1) is 5.92 Å². The van der Waals surface area contributed by atoms with Crippen LogP contribution in [0.5, 0.6) is 0 Å². The van der Waals surface area contributed by atoms with Crippen LogP contribution in [0.3, 0.4) is 0 Å². The predicted octanol–water partition coefficient (Wildman–Crippen LogP) is 3.14. The summed E-state index contributed by atoms with van der Waals surface area (Å²) in [6.45, 7) is 3.22. The van der Waals surface area contributed by atoms with Gasteiger partial charge in [-0.05, 0) is 44.9 Å². The Morgan fingerprint density at radius 2 is 1.90 bits per heavy atom. The molecule has 1 aromatic heterocycles. The lowest BCUT2D eigenvalue weighted by Crippen LogP contribution is -2.43. The van der Waals surface area contributed by atoms with Crippen LogP contribution in [-0.2, 0) is 22.4 Å². The van der Waals surface area contributed by atoms with Crippen LogP contribution in [0.25, 0.3) is 11.4 Å². The number of benzene rings is 1. The van der Waals surface area contributed by atoms with Crippen LogP contribution < -0.4 is 10.2 Å². The number of hydrogen-bond donors (Lipinski definition) is 1. The Labute approximate surface area is 178 Å². The highest BCUT2D eigenvalue weighted by molar-refractivity contribution is 5.79. The topological polar surface area (TPSA) is 67.3 Å². The van der Waals surface area contributed by atoms with Crippen molar-refractivity contribution in [2.24, 2.45) is 5.92 Å². The molecule has 0 bridgehead atoms. The number of rotatable bonds is 5. The zero-order valence-electron chi connectivity index (χ0n) is 17.5. The van der Waals surface area contributed by atoms with Gasteiger partial charge in [-0.1, -0.05) is 30.3 Å². The summed E-state index contributed by atoms with van der Waals surface area (Å²) in [5.41, 5.74) is 3.59. The third kappa shape index (κ3) is 4.06. The number of aromatic nitrogens is 2. The molecule has 6 nitrogen and oxygen atoms in total. The second kappa shape index (κ2) is 8.72. The standard InChI is InChI=1S/C24H30N4O2/c29-24(25-16-19-8-5-15-30-19)18-11-13-28(14-12-18)23-20-9-4-10-21(20)26-22(27-23)17-6-2-1-3-7-17/h1-3,6-7,18-19H,4-5,8-16H2,(H,25,29)/t19-/m0/s1. The summed E-state index contributed by atoms with van der Waals surface area (Å²) in [7, 11) is 0. The number of nitrogens with one attached hydrogen (secondary N) is 1. The fraction of sp³-hybridized carbons (Fsp3) is 0.542. The molecule has 3 heterocycles. The van der Waals surface area contributed by atoms with Gasteiger partial charge in [0.2, 0.25) is 5.91 Å². The molecule has 6 heteroatoms. The second-order valence-electron chi connectivity index (χ2n) is 8.66. The number of ether oxygens (including phenoxy) is 1. The smallest absolute Gasteiger partial charge is 0.223 e. The Morgan fingerprint density at radius 1 is 1.07 bits per heavy atom. The lowest BCUT2D eigenvalue weighted by atomic mass is 9.95. The van der Waals surface area contributed by atoms with Crippen LogP contribution in [0.2, 0.25) is 0 Å². The highest BCUT2D eigenvalue weighted by atomic mass is 16.5. The average molecular weight is 407 g/mol. The van der Waals surface area contributed by atoms with Crippen LogP contribution in [0.15, 0.2) is 30.3 Å². The number of carbonyl (C=O) groups excluding carboxylic acids is 1. The van der Waals surface area contributed by atoms with Crippen molar-refractivity contribution in [3.63, 3.8) is 0 Å². The predicted molar refractivity (Wildman–Crippen MR) is 116 cm³/mol. The lowest BCUT2D eigenvalue weighted by Gasteiger charge is -2.33. The third-order valence-corrected chi connectivity index (χ3v) is 6.64. The molecule has 0 saturated carbocycles. The van der Waals surface area contributed by atoms with E-state index < -0.39 is 0 Å². The first-order valence-corrected chi connectivity index (χ1v) is 11.4. The maximum Gasteiger partial charge on any atom is 0.223 e. The number of fused-ring (bicyclic) bond motifs is 1. The van der Waals surface area contributed by atoms with Crippen LogP contribution >= 0.6 is 0 Å². The normalized spacial score (nSPS) is 21.6. The van der Waals surface area contributed by atoms with Gasteiger partial charge in [0.15, 0.2) is 5.82 Å². The minimum Gasteiger partial charge on any atom is -0.376 e. The fourth-order valence-electron chi connectivity index (χ4n) is 4.91.